The van der Waals surface area contributed by atoms with Gasteiger partial charge in [0.15, 0.2) is 0 Å². The van der Waals surface area contributed by atoms with Gasteiger partial charge in [-0.15, -0.1) is 0 Å². The van der Waals surface area contributed by atoms with Crippen LogP contribution in [0, 0.1) is 21.4 Å². The van der Waals surface area contributed by atoms with Crippen LogP contribution in [0.5, 0.6) is 0 Å². The van der Waals surface area contributed by atoms with Crippen molar-refractivity contribution in [2.24, 2.45) is 0 Å². The molecule has 0 N–H and O–H groups in total. The maximum atomic E-state index is 11.6. The molecule has 1 aromatic carbocycles. The lowest BCUT2D eigenvalue weighted by Crippen LogP contribution is -2.22. The number of nitriles is 1. The minimum atomic E-state index is -0.531. The van der Waals surface area contributed by atoms with Crippen molar-refractivity contribution in [2.75, 3.05) is 14.1 Å². The molecule has 0 saturated heterocycles. The van der Waals surface area contributed by atoms with Crippen LogP contribution in [0.25, 0.3) is 6.08 Å². The summed E-state index contributed by atoms with van der Waals surface area (Å²) in [5.41, 5.74) is 0.287. The molecule has 1 rings (SSSR count). The van der Waals surface area contributed by atoms with E-state index in [-0.39, 0.29) is 11.3 Å². The Bertz CT molecular complexity index is 556. The van der Waals surface area contributed by atoms with Crippen LogP contribution in [0.4, 0.5) is 5.69 Å². The molecular weight excluding hydrogens is 234 g/mol. The molecule has 92 valence electrons. The topological polar surface area (TPSA) is 87.2 Å². The molecule has 0 aliphatic rings. The fourth-order valence-electron chi connectivity index (χ4n) is 1.28. The number of nitro benzene ring substituents is 1. The Hall–Kier alpha value is -2.68. The van der Waals surface area contributed by atoms with Gasteiger partial charge in [0.2, 0.25) is 0 Å². The van der Waals surface area contributed by atoms with Crippen LogP contribution in [0.3, 0.4) is 0 Å². The molecule has 0 heterocycles. The van der Waals surface area contributed by atoms with Crippen LogP contribution in [0.2, 0.25) is 0 Å². The van der Waals surface area contributed by atoms with E-state index in [0.717, 1.165) is 0 Å². The Morgan fingerprint density at radius 3 is 2.67 bits per heavy atom. The molecule has 18 heavy (non-hydrogen) atoms. The molecule has 0 atom stereocenters. The molecule has 0 aromatic heterocycles. The van der Waals surface area contributed by atoms with E-state index in [1.54, 1.807) is 12.1 Å². The number of nitrogens with zero attached hydrogens (tertiary/aromatic N) is 3. The zero-order chi connectivity index (χ0) is 13.7. The van der Waals surface area contributed by atoms with E-state index in [4.69, 9.17) is 5.26 Å². The third kappa shape index (κ3) is 3.15. The Balaban J connectivity index is 3.15. The van der Waals surface area contributed by atoms with Crippen LogP contribution >= 0.6 is 0 Å². The lowest BCUT2D eigenvalue weighted by Gasteiger charge is -2.08. The third-order valence-corrected chi connectivity index (χ3v) is 2.15. The van der Waals surface area contributed by atoms with Crippen LogP contribution in [0.1, 0.15) is 5.56 Å². The van der Waals surface area contributed by atoms with Crippen LogP contribution in [-0.4, -0.2) is 29.8 Å². The summed E-state index contributed by atoms with van der Waals surface area (Å²) in [6, 6.07) is 7.52. The van der Waals surface area contributed by atoms with Gasteiger partial charge in [-0.05, 0) is 11.6 Å². The predicted molar refractivity (Wildman–Crippen MR) is 65.4 cm³/mol. The minimum Gasteiger partial charge on any atom is -0.344 e. The van der Waals surface area contributed by atoms with Crippen molar-refractivity contribution in [1.82, 2.24) is 4.90 Å². The van der Waals surface area contributed by atoms with Gasteiger partial charge in [0.25, 0.3) is 11.6 Å². The molecule has 1 amide bonds. The van der Waals surface area contributed by atoms with Crippen molar-refractivity contribution in [3.63, 3.8) is 0 Å². The summed E-state index contributed by atoms with van der Waals surface area (Å²) < 4.78 is 0. The highest BCUT2D eigenvalue weighted by molar-refractivity contribution is 6.01. The van der Waals surface area contributed by atoms with E-state index < -0.39 is 10.8 Å². The van der Waals surface area contributed by atoms with E-state index in [2.05, 4.69) is 0 Å². The number of likely N-dealkylation sites (N-methyl/N-ethyl adjacent to an activating group) is 1. The number of nitro groups is 1. The van der Waals surface area contributed by atoms with Gasteiger partial charge >= 0.3 is 0 Å². The van der Waals surface area contributed by atoms with Crippen molar-refractivity contribution in [3.05, 3.63) is 45.5 Å². The average Bonchev–Trinajstić information content (AvgIpc) is 2.35. The first kappa shape index (κ1) is 13.4. The molecule has 6 heteroatoms. The predicted octanol–water partition coefficient (Wildman–Crippen LogP) is 1.59. The van der Waals surface area contributed by atoms with Crippen LogP contribution < -0.4 is 0 Å². The molecule has 0 radical (unpaired) electrons. The number of carbonyl (C=O) groups excluding carboxylic acids is 1. The van der Waals surface area contributed by atoms with E-state index in [9.17, 15) is 14.9 Å². The highest BCUT2D eigenvalue weighted by Gasteiger charge is 2.12. The van der Waals surface area contributed by atoms with Crippen molar-refractivity contribution >= 4 is 17.7 Å². The highest BCUT2D eigenvalue weighted by Crippen LogP contribution is 2.16. The number of rotatable bonds is 3. The van der Waals surface area contributed by atoms with Crippen molar-refractivity contribution in [2.45, 2.75) is 0 Å². The second-order valence-corrected chi connectivity index (χ2v) is 3.72. The summed E-state index contributed by atoms with van der Waals surface area (Å²) in [6.45, 7) is 0. The molecule has 0 unspecified atom stereocenters. The fourth-order valence-corrected chi connectivity index (χ4v) is 1.28. The summed E-state index contributed by atoms with van der Waals surface area (Å²) in [5, 5.41) is 19.5. The summed E-state index contributed by atoms with van der Waals surface area (Å²) in [5.74, 6) is -0.441. The second kappa shape index (κ2) is 5.59. The van der Waals surface area contributed by atoms with E-state index in [0.29, 0.717) is 5.56 Å². The van der Waals surface area contributed by atoms with Crippen molar-refractivity contribution < 1.29 is 9.72 Å². The first-order chi connectivity index (χ1) is 8.45. The number of hydrogen-bond donors (Lipinski definition) is 0. The molecule has 0 fully saturated rings. The maximum Gasteiger partial charge on any atom is 0.270 e. The number of carbonyl (C=O) groups is 1. The quantitative estimate of drug-likeness (QED) is 0.350. The molecule has 0 spiro atoms. The Morgan fingerprint density at radius 1 is 1.50 bits per heavy atom. The lowest BCUT2D eigenvalue weighted by molar-refractivity contribution is -0.384. The minimum absolute atomic E-state index is 0.0690. The summed E-state index contributed by atoms with van der Waals surface area (Å²) >= 11 is 0. The molecule has 0 bridgehead atoms. The number of benzene rings is 1. The fraction of sp³-hybridized carbons (Fsp3) is 0.167. The molecule has 1 aromatic rings. The Morgan fingerprint density at radius 2 is 2.17 bits per heavy atom. The van der Waals surface area contributed by atoms with Crippen LogP contribution in [-0.2, 0) is 4.79 Å². The van der Waals surface area contributed by atoms with Gasteiger partial charge in [0, 0.05) is 26.2 Å². The van der Waals surface area contributed by atoms with E-state index in [1.807, 2.05) is 0 Å². The SMILES string of the molecule is CN(C)C(=O)/C(C#N)=C\c1cccc([N+](=O)[O-])c1. The van der Waals surface area contributed by atoms with E-state index >= 15 is 0 Å². The van der Waals surface area contributed by atoms with Crippen molar-refractivity contribution in [1.29, 1.82) is 5.26 Å². The van der Waals surface area contributed by atoms with Gasteiger partial charge in [0.1, 0.15) is 11.6 Å². The van der Waals surface area contributed by atoms with Gasteiger partial charge in [-0.3, -0.25) is 14.9 Å². The molecule has 6 nitrogen and oxygen atoms in total. The number of amides is 1. The van der Waals surface area contributed by atoms with Gasteiger partial charge in [-0.25, -0.2) is 0 Å². The molecule has 0 aliphatic heterocycles. The van der Waals surface area contributed by atoms with Gasteiger partial charge in [-0.2, -0.15) is 5.26 Å². The highest BCUT2D eigenvalue weighted by atomic mass is 16.6. The summed E-state index contributed by atoms with van der Waals surface area (Å²) in [7, 11) is 3.06. The first-order valence-corrected chi connectivity index (χ1v) is 5.03. The third-order valence-electron chi connectivity index (χ3n) is 2.15. The normalized spacial score (nSPS) is 10.6. The smallest absolute Gasteiger partial charge is 0.270 e. The molecular formula is C12H11N3O3. The maximum absolute atomic E-state index is 11.6. The van der Waals surface area contributed by atoms with Gasteiger partial charge in [0.05, 0.1) is 4.92 Å². The number of non-ortho nitro benzene ring substituents is 1. The lowest BCUT2D eigenvalue weighted by atomic mass is 10.1. The average molecular weight is 245 g/mol. The molecule has 0 aliphatic carbocycles. The largest absolute Gasteiger partial charge is 0.344 e. The van der Waals surface area contributed by atoms with Gasteiger partial charge in [-0.1, -0.05) is 12.1 Å². The zero-order valence-corrected chi connectivity index (χ0v) is 9.95. The second-order valence-electron chi connectivity index (χ2n) is 3.72. The van der Waals surface area contributed by atoms with Crippen LogP contribution in [0.15, 0.2) is 29.8 Å². The Kier molecular flexibility index (Phi) is 4.16. The standard InChI is InChI=1S/C12H11N3O3/c1-14(2)12(16)10(8-13)6-9-4-3-5-11(7-9)15(17)18/h3-7H,1-2H3/b10-6-. The van der Waals surface area contributed by atoms with Crippen molar-refractivity contribution in [3.8, 4) is 6.07 Å². The number of hydrogen-bond acceptors (Lipinski definition) is 4. The summed E-state index contributed by atoms with van der Waals surface area (Å²) in [4.78, 5) is 22.9. The first-order valence-electron chi connectivity index (χ1n) is 5.03. The van der Waals surface area contributed by atoms with E-state index in [1.165, 1.54) is 43.3 Å². The Labute approximate surface area is 104 Å². The molecule has 0 saturated carbocycles. The zero-order valence-electron chi connectivity index (χ0n) is 9.95. The van der Waals surface area contributed by atoms with Gasteiger partial charge < -0.3 is 4.90 Å². The summed E-state index contributed by atoms with van der Waals surface area (Å²) in [6.07, 6.45) is 1.33. The monoisotopic (exact) mass is 245 g/mol.